The number of hydrogen-bond acceptors (Lipinski definition) is 4. The lowest BCUT2D eigenvalue weighted by atomic mass is 10.0. The monoisotopic (exact) mass is 442 g/mol. The summed E-state index contributed by atoms with van der Waals surface area (Å²) in [6, 6.07) is 0. The molecule has 0 N–H and O–H groups in total. The van der Waals surface area contributed by atoms with Gasteiger partial charge in [0.2, 0.25) is 23.3 Å². The quantitative estimate of drug-likeness (QED) is 0.369. The van der Waals surface area contributed by atoms with E-state index in [9.17, 15) is 35.1 Å². The van der Waals surface area contributed by atoms with Gasteiger partial charge in [0.05, 0.1) is 24.3 Å². The van der Waals surface area contributed by atoms with E-state index in [-0.39, 0.29) is 13.2 Å². The van der Waals surface area contributed by atoms with E-state index in [2.05, 4.69) is 9.47 Å². The van der Waals surface area contributed by atoms with Gasteiger partial charge in [-0.05, 0) is 0 Å². The Balaban J connectivity index is 1.81. The third-order valence-electron chi connectivity index (χ3n) is 4.33. The topological polar surface area (TPSA) is 43.5 Å². The van der Waals surface area contributed by atoms with Crippen molar-refractivity contribution in [2.24, 2.45) is 0 Å². The van der Waals surface area contributed by atoms with E-state index in [4.69, 9.17) is 9.47 Å². The smallest absolute Gasteiger partial charge is 0.204 e. The highest BCUT2D eigenvalue weighted by atomic mass is 19.2. The van der Waals surface area contributed by atoms with Crippen LogP contribution in [0.5, 0.6) is 11.5 Å². The zero-order chi connectivity index (χ0) is 21.7. The molecule has 0 saturated carbocycles. The number of halogens is 8. The summed E-state index contributed by atoms with van der Waals surface area (Å²) in [6.07, 6.45) is -1.08. The summed E-state index contributed by atoms with van der Waals surface area (Å²) in [6.45, 7) is -0.505. The van der Waals surface area contributed by atoms with Gasteiger partial charge >= 0.3 is 0 Å². The molecule has 2 heterocycles. The Bertz CT molecular complexity index is 881. The lowest BCUT2D eigenvalue weighted by molar-refractivity contribution is 0.235. The molecule has 0 aliphatic carbocycles. The number of epoxide rings is 2. The first-order chi connectivity index (χ1) is 14.2. The third kappa shape index (κ3) is 3.54. The Morgan fingerprint density at radius 3 is 1.03 bits per heavy atom. The second kappa shape index (κ2) is 7.58. The van der Waals surface area contributed by atoms with Crippen LogP contribution < -0.4 is 9.47 Å². The summed E-state index contributed by atoms with van der Waals surface area (Å²) in [5, 5.41) is 0. The molecule has 30 heavy (non-hydrogen) atoms. The van der Waals surface area contributed by atoms with Gasteiger partial charge in [0.15, 0.2) is 34.8 Å². The van der Waals surface area contributed by atoms with Crippen molar-refractivity contribution in [1.82, 2.24) is 0 Å². The lowest BCUT2D eigenvalue weighted by Crippen LogP contribution is -2.13. The maximum Gasteiger partial charge on any atom is 0.204 e. The molecule has 2 atom stereocenters. The predicted octanol–water partition coefficient (Wildman–Crippen LogP) is 4.02. The zero-order valence-corrected chi connectivity index (χ0v) is 14.6. The molecular formula is C18H10F8O4. The van der Waals surface area contributed by atoms with Gasteiger partial charge in [0, 0.05) is 0 Å². The lowest BCUT2D eigenvalue weighted by Gasteiger charge is -2.16. The Morgan fingerprint density at radius 2 is 0.800 bits per heavy atom. The standard InChI is InChI=1S/C18H10F8O4/c19-9-7(10(20)14(24)17(13(9)23)29-3-5-1-27-5)8-11(21)15(25)18(16(26)12(8)22)30-4-6-2-28-6/h5-6H,1-4H2/t5-,6+. The number of ether oxygens (including phenoxy) is 4. The van der Waals surface area contributed by atoms with Crippen LogP contribution in [0.15, 0.2) is 0 Å². The normalized spacial score (nSPS) is 19.7. The van der Waals surface area contributed by atoms with Gasteiger partial charge in [-0.25, -0.2) is 17.6 Å². The summed E-state index contributed by atoms with van der Waals surface area (Å²) in [5.41, 5.74) is -3.96. The van der Waals surface area contributed by atoms with Crippen LogP contribution in [-0.2, 0) is 9.47 Å². The summed E-state index contributed by atoms with van der Waals surface area (Å²) in [7, 11) is 0. The molecule has 0 unspecified atom stereocenters. The Labute approximate surface area is 162 Å². The molecule has 0 amide bonds. The molecule has 0 bridgehead atoms. The molecule has 2 fully saturated rings. The maximum absolute atomic E-state index is 14.4. The van der Waals surface area contributed by atoms with E-state index < -0.39 is 94.6 Å². The first-order valence-corrected chi connectivity index (χ1v) is 8.43. The summed E-state index contributed by atoms with van der Waals surface area (Å²) >= 11 is 0. The van der Waals surface area contributed by atoms with Crippen LogP contribution in [0.4, 0.5) is 35.1 Å². The number of hydrogen-bond donors (Lipinski definition) is 0. The van der Waals surface area contributed by atoms with Crippen molar-refractivity contribution in [3.63, 3.8) is 0 Å². The Morgan fingerprint density at radius 1 is 0.533 bits per heavy atom. The van der Waals surface area contributed by atoms with Crippen molar-refractivity contribution < 1.29 is 54.1 Å². The van der Waals surface area contributed by atoms with Crippen molar-refractivity contribution in [2.75, 3.05) is 26.4 Å². The summed E-state index contributed by atoms with van der Waals surface area (Å²) in [4.78, 5) is 0. The van der Waals surface area contributed by atoms with Crippen molar-refractivity contribution >= 4 is 0 Å². The molecule has 4 nitrogen and oxygen atoms in total. The first kappa shape index (κ1) is 20.7. The van der Waals surface area contributed by atoms with Crippen LogP contribution in [0.2, 0.25) is 0 Å². The first-order valence-electron chi connectivity index (χ1n) is 8.43. The summed E-state index contributed by atoms with van der Waals surface area (Å²) < 4.78 is 133. The van der Waals surface area contributed by atoms with Crippen molar-refractivity contribution in [3.05, 3.63) is 46.5 Å². The van der Waals surface area contributed by atoms with Crippen LogP contribution in [0, 0.1) is 46.5 Å². The van der Waals surface area contributed by atoms with Gasteiger partial charge in [-0.1, -0.05) is 0 Å². The fourth-order valence-corrected chi connectivity index (χ4v) is 2.60. The fourth-order valence-electron chi connectivity index (χ4n) is 2.60. The van der Waals surface area contributed by atoms with E-state index in [1.807, 2.05) is 0 Å². The van der Waals surface area contributed by atoms with Crippen molar-refractivity contribution in [1.29, 1.82) is 0 Å². The predicted molar refractivity (Wildman–Crippen MR) is 82.0 cm³/mol. The molecule has 0 aromatic heterocycles. The average Bonchev–Trinajstić information content (AvgIpc) is 3.62. The molecule has 12 heteroatoms. The Kier molecular flexibility index (Phi) is 5.22. The largest absolute Gasteiger partial charge is 0.485 e. The molecule has 0 spiro atoms. The molecule has 4 rings (SSSR count). The van der Waals surface area contributed by atoms with Gasteiger partial charge in [-0.3, -0.25) is 0 Å². The molecule has 0 radical (unpaired) electrons. The maximum atomic E-state index is 14.4. The average molecular weight is 442 g/mol. The van der Waals surface area contributed by atoms with Gasteiger partial charge in [-0.15, -0.1) is 0 Å². The second-order valence-corrected chi connectivity index (χ2v) is 6.45. The minimum Gasteiger partial charge on any atom is -0.485 e. The summed E-state index contributed by atoms with van der Waals surface area (Å²) in [5.74, 6) is -20.8. The Hall–Kier alpha value is -2.60. The molecular weight excluding hydrogens is 432 g/mol. The fraction of sp³-hybridized carbons (Fsp3) is 0.333. The van der Waals surface area contributed by atoms with Gasteiger partial charge in [0.25, 0.3) is 0 Å². The van der Waals surface area contributed by atoms with Crippen LogP contribution in [0.1, 0.15) is 0 Å². The van der Waals surface area contributed by atoms with Crippen LogP contribution in [-0.4, -0.2) is 38.6 Å². The minimum absolute atomic E-state index is 0.197. The van der Waals surface area contributed by atoms with Gasteiger partial charge in [0.1, 0.15) is 25.4 Å². The van der Waals surface area contributed by atoms with E-state index in [0.29, 0.717) is 0 Å². The van der Waals surface area contributed by atoms with Crippen molar-refractivity contribution in [3.8, 4) is 22.6 Å². The minimum atomic E-state index is -2.31. The molecule has 2 aliphatic rings. The molecule has 2 saturated heterocycles. The van der Waals surface area contributed by atoms with E-state index in [1.165, 1.54) is 0 Å². The van der Waals surface area contributed by atoms with E-state index >= 15 is 0 Å². The SMILES string of the molecule is Fc1c(F)c(-c2c(F)c(F)c(OC[C@H]3CO3)c(F)c2F)c(F)c(F)c1OC[C@@H]1CO1. The highest BCUT2D eigenvalue weighted by molar-refractivity contribution is 5.69. The third-order valence-corrected chi connectivity index (χ3v) is 4.33. The van der Waals surface area contributed by atoms with Crippen molar-refractivity contribution in [2.45, 2.75) is 12.2 Å². The second-order valence-electron chi connectivity index (χ2n) is 6.45. The number of benzene rings is 2. The molecule has 2 aliphatic heterocycles. The zero-order valence-electron chi connectivity index (χ0n) is 14.6. The van der Waals surface area contributed by atoms with Gasteiger partial charge < -0.3 is 18.9 Å². The number of rotatable bonds is 7. The van der Waals surface area contributed by atoms with Crippen LogP contribution in [0.3, 0.4) is 0 Å². The molecule has 2 aromatic carbocycles. The van der Waals surface area contributed by atoms with Gasteiger partial charge in [-0.2, -0.15) is 17.6 Å². The van der Waals surface area contributed by atoms with Crippen LogP contribution in [0.25, 0.3) is 11.1 Å². The highest BCUT2D eigenvalue weighted by Gasteiger charge is 2.36. The van der Waals surface area contributed by atoms with E-state index in [1.54, 1.807) is 0 Å². The molecule has 2 aromatic rings. The van der Waals surface area contributed by atoms with E-state index in [0.717, 1.165) is 0 Å². The van der Waals surface area contributed by atoms with Crippen LogP contribution >= 0.6 is 0 Å². The molecule has 162 valence electrons. The highest BCUT2D eigenvalue weighted by Crippen LogP contribution is 2.41.